The van der Waals surface area contributed by atoms with Crippen LogP contribution in [0.1, 0.15) is 5.56 Å². The minimum absolute atomic E-state index is 0.244. The Bertz CT molecular complexity index is 327. The van der Waals surface area contributed by atoms with Gasteiger partial charge in [-0.05, 0) is 6.92 Å². The van der Waals surface area contributed by atoms with Gasteiger partial charge in [-0.2, -0.15) is 0 Å². The minimum Gasteiger partial charge on any atom is -0.478 e. The predicted molar refractivity (Wildman–Crippen MR) is 47.2 cm³/mol. The second kappa shape index (κ2) is 4.09. The van der Waals surface area contributed by atoms with Crippen LogP contribution in [0.5, 0.6) is 11.6 Å². The van der Waals surface area contributed by atoms with Crippen molar-refractivity contribution in [2.24, 2.45) is 0 Å². The molecule has 0 bridgehead atoms. The molecule has 1 aromatic heterocycles. The van der Waals surface area contributed by atoms with Gasteiger partial charge in [0.1, 0.15) is 0 Å². The minimum atomic E-state index is 0.244. The Morgan fingerprint density at radius 3 is 2.85 bits per heavy atom. The standard InChI is InChI=1S/C8H8ClNO3/c1-5-6(9)3-10-8(12-2)7(5)13-4-11/h3-4H,1-2H3. The molecule has 5 heteroatoms. The summed E-state index contributed by atoms with van der Waals surface area (Å²) in [6.45, 7) is 2.02. The lowest BCUT2D eigenvalue weighted by molar-refractivity contribution is -0.120. The Kier molecular flexibility index (Phi) is 3.08. The van der Waals surface area contributed by atoms with E-state index in [4.69, 9.17) is 16.3 Å². The maximum Gasteiger partial charge on any atom is 0.298 e. The zero-order valence-corrected chi connectivity index (χ0v) is 7.96. The summed E-state index contributed by atoms with van der Waals surface area (Å²) in [5, 5.41) is 0.428. The molecular weight excluding hydrogens is 194 g/mol. The number of hydrogen-bond donors (Lipinski definition) is 0. The molecule has 0 aliphatic rings. The molecule has 0 saturated heterocycles. The van der Waals surface area contributed by atoms with E-state index in [0.29, 0.717) is 17.1 Å². The molecule has 0 aromatic carbocycles. The van der Waals surface area contributed by atoms with Gasteiger partial charge in [0.15, 0.2) is 5.75 Å². The third kappa shape index (κ3) is 1.89. The van der Waals surface area contributed by atoms with E-state index in [0.717, 1.165) is 0 Å². The van der Waals surface area contributed by atoms with Crippen molar-refractivity contribution in [3.05, 3.63) is 16.8 Å². The maximum absolute atomic E-state index is 10.2. The fourth-order valence-electron chi connectivity index (χ4n) is 0.872. The lowest BCUT2D eigenvalue weighted by Gasteiger charge is -2.08. The van der Waals surface area contributed by atoms with Crippen LogP contribution in [-0.2, 0) is 4.79 Å². The predicted octanol–water partition coefficient (Wildman–Crippen LogP) is 1.59. The lowest BCUT2D eigenvalue weighted by Crippen LogP contribution is -1.98. The van der Waals surface area contributed by atoms with Gasteiger partial charge < -0.3 is 9.47 Å². The Hall–Kier alpha value is -1.29. The average Bonchev–Trinajstić information content (AvgIpc) is 2.14. The smallest absolute Gasteiger partial charge is 0.298 e. The highest BCUT2D eigenvalue weighted by Gasteiger charge is 2.12. The van der Waals surface area contributed by atoms with Gasteiger partial charge in [-0.15, -0.1) is 0 Å². The first-order valence-electron chi connectivity index (χ1n) is 3.50. The zero-order chi connectivity index (χ0) is 9.84. The molecule has 1 heterocycles. The van der Waals surface area contributed by atoms with Gasteiger partial charge in [0.25, 0.3) is 12.4 Å². The SMILES string of the molecule is COc1ncc(Cl)c(C)c1OC=O. The van der Waals surface area contributed by atoms with Crippen molar-refractivity contribution < 1.29 is 14.3 Å². The molecule has 0 aliphatic heterocycles. The topological polar surface area (TPSA) is 48.4 Å². The van der Waals surface area contributed by atoms with Crippen LogP contribution in [0.15, 0.2) is 6.20 Å². The number of ether oxygens (including phenoxy) is 2. The molecule has 4 nitrogen and oxygen atoms in total. The van der Waals surface area contributed by atoms with Crippen LogP contribution in [0, 0.1) is 6.92 Å². The number of methoxy groups -OCH3 is 1. The van der Waals surface area contributed by atoms with E-state index < -0.39 is 0 Å². The van der Waals surface area contributed by atoms with Crippen LogP contribution < -0.4 is 9.47 Å². The normalized spacial score (nSPS) is 9.46. The lowest BCUT2D eigenvalue weighted by atomic mass is 10.3. The first kappa shape index (κ1) is 9.80. The molecule has 70 valence electrons. The summed E-state index contributed by atoms with van der Waals surface area (Å²) >= 11 is 5.76. The molecule has 1 rings (SSSR count). The summed E-state index contributed by atoms with van der Waals surface area (Å²) in [6, 6.07) is 0. The van der Waals surface area contributed by atoms with Gasteiger partial charge in [-0.1, -0.05) is 11.6 Å². The van der Waals surface area contributed by atoms with Crippen LogP contribution in [0.3, 0.4) is 0 Å². The maximum atomic E-state index is 10.2. The molecule has 0 unspecified atom stereocenters. The summed E-state index contributed by atoms with van der Waals surface area (Å²) in [7, 11) is 1.44. The number of carbonyl (C=O) groups is 1. The van der Waals surface area contributed by atoms with Gasteiger partial charge in [-0.3, -0.25) is 4.79 Å². The van der Waals surface area contributed by atoms with Crippen LogP contribution in [0.25, 0.3) is 0 Å². The molecule has 0 atom stereocenters. The van der Waals surface area contributed by atoms with Crippen LogP contribution >= 0.6 is 11.6 Å². The Balaban J connectivity index is 3.23. The number of carbonyl (C=O) groups excluding carboxylic acids is 1. The monoisotopic (exact) mass is 201 g/mol. The van der Waals surface area contributed by atoms with Gasteiger partial charge in [0.2, 0.25) is 0 Å². The number of nitrogens with zero attached hydrogens (tertiary/aromatic N) is 1. The van der Waals surface area contributed by atoms with Gasteiger partial charge >= 0.3 is 0 Å². The largest absolute Gasteiger partial charge is 0.478 e. The van der Waals surface area contributed by atoms with E-state index in [-0.39, 0.29) is 11.6 Å². The summed E-state index contributed by atoms with van der Waals surface area (Å²) in [4.78, 5) is 14.0. The molecule has 1 aromatic rings. The first-order chi connectivity index (χ1) is 6.20. The molecule has 0 aliphatic carbocycles. The molecule has 0 N–H and O–H groups in total. The quantitative estimate of drug-likeness (QED) is 0.697. The Labute approximate surface area is 80.4 Å². The highest BCUT2D eigenvalue weighted by Crippen LogP contribution is 2.32. The van der Waals surface area contributed by atoms with Crippen LogP contribution in [-0.4, -0.2) is 18.6 Å². The van der Waals surface area contributed by atoms with Crippen molar-refractivity contribution >= 4 is 18.1 Å². The van der Waals surface area contributed by atoms with Crippen molar-refractivity contribution in [3.8, 4) is 11.6 Å². The number of hydrogen-bond acceptors (Lipinski definition) is 4. The van der Waals surface area contributed by atoms with Gasteiger partial charge in [0, 0.05) is 5.56 Å². The first-order valence-corrected chi connectivity index (χ1v) is 3.88. The number of aromatic nitrogens is 1. The number of pyridine rings is 1. The van der Waals surface area contributed by atoms with Crippen molar-refractivity contribution in [2.75, 3.05) is 7.11 Å². The van der Waals surface area contributed by atoms with Gasteiger partial charge in [0.05, 0.1) is 18.3 Å². The molecule has 0 amide bonds. The fourth-order valence-corrected chi connectivity index (χ4v) is 1.01. The number of halogens is 1. The van der Waals surface area contributed by atoms with Gasteiger partial charge in [-0.25, -0.2) is 4.98 Å². The Morgan fingerprint density at radius 2 is 2.31 bits per heavy atom. The van der Waals surface area contributed by atoms with Crippen LogP contribution in [0.4, 0.5) is 0 Å². The van der Waals surface area contributed by atoms with Crippen molar-refractivity contribution in [3.63, 3.8) is 0 Å². The zero-order valence-electron chi connectivity index (χ0n) is 7.20. The van der Waals surface area contributed by atoms with Crippen molar-refractivity contribution in [1.82, 2.24) is 4.98 Å². The molecule has 0 fully saturated rings. The summed E-state index contributed by atoms with van der Waals surface area (Å²) in [5.74, 6) is 0.499. The molecule has 0 saturated carbocycles. The van der Waals surface area contributed by atoms with Crippen LogP contribution in [0.2, 0.25) is 5.02 Å². The third-order valence-electron chi connectivity index (χ3n) is 1.55. The summed E-state index contributed by atoms with van der Waals surface area (Å²) < 4.78 is 9.57. The molecular formula is C8H8ClNO3. The van der Waals surface area contributed by atoms with E-state index in [9.17, 15) is 4.79 Å². The summed E-state index contributed by atoms with van der Waals surface area (Å²) in [5.41, 5.74) is 0.626. The highest BCUT2D eigenvalue weighted by molar-refractivity contribution is 6.31. The van der Waals surface area contributed by atoms with E-state index >= 15 is 0 Å². The van der Waals surface area contributed by atoms with E-state index in [1.54, 1.807) is 6.92 Å². The molecule has 0 spiro atoms. The molecule has 0 radical (unpaired) electrons. The second-order valence-corrected chi connectivity index (χ2v) is 2.69. The third-order valence-corrected chi connectivity index (χ3v) is 1.93. The van der Waals surface area contributed by atoms with E-state index in [1.807, 2.05) is 0 Å². The Morgan fingerprint density at radius 1 is 1.62 bits per heavy atom. The van der Waals surface area contributed by atoms with E-state index in [2.05, 4.69) is 9.72 Å². The van der Waals surface area contributed by atoms with Crippen molar-refractivity contribution in [2.45, 2.75) is 6.92 Å². The number of rotatable bonds is 3. The second-order valence-electron chi connectivity index (χ2n) is 2.28. The fraction of sp³-hybridized carbons (Fsp3) is 0.250. The van der Waals surface area contributed by atoms with Crippen molar-refractivity contribution in [1.29, 1.82) is 0 Å². The highest BCUT2D eigenvalue weighted by atomic mass is 35.5. The average molecular weight is 202 g/mol. The van der Waals surface area contributed by atoms with E-state index in [1.165, 1.54) is 13.3 Å². The summed E-state index contributed by atoms with van der Waals surface area (Å²) in [6.07, 6.45) is 1.44. The molecule has 13 heavy (non-hydrogen) atoms.